The Morgan fingerprint density at radius 2 is 1.72 bits per heavy atom. The van der Waals surface area contributed by atoms with Crippen LogP contribution in [0.4, 0.5) is 5.69 Å². The molecule has 0 fully saturated rings. The summed E-state index contributed by atoms with van der Waals surface area (Å²) >= 11 is 0. The van der Waals surface area contributed by atoms with E-state index in [1.54, 1.807) is 29.2 Å². The minimum atomic E-state index is -3.58. The molecule has 8 nitrogen and oxygen atoms in total. The molecular formula is C27H39N3O5S. The number of hydrogen-bond acceptors (Lipinski definition) is 5. The summed E-state index contributed by atoms with van der Waals surface area (Å²) in [5.74, 6) is 0.138. The van der Waals surface area contributed by atoms with Crippen molar-refractivity contribution in [3.05, 3.63) is 60.2 Å². The Morgan fingerprint density at radius 3 is 2.28 bits per heavy atom. The van der Waals surface area contributed by atoms with Gasteiger partial charge in [0.2, 0.25) is 21.8 Å². The van der Waals surface area contributed by atoms with Crippen LogP contribution in [0.25, 0.3) is 0 Å². The van der Waals surface area contributed by atoms with E-state index < -0.39 is 21.6 Å². The first kappa shape index (κ1) is 29.2. The Balaban J connectivity index is 2.22. The molecular weight excluding hydrogens is 478 g/mol. The van der Waals surface area contributed by atoms with Gasteiger partial charge in [-0.05, 0) is 51.3 Å². The second-order valence-electron chi connectivity index (χ2n) is 9.81. The molecule has 2 aromatic carbocycles. The van der Waals surface area contributed by atoms with Gasteiger partial charge in [-0.15, -0.1) is 0 Å². The SMILES string of the molecule is CCC(C(=O)NC(C)(C)C)N(Cc1ccccc1)C(=O)CCCN(c1cccc(OC)c1)S(C)(=O)=O. The molecule has 1 atom stereocenters. The molecule has 0 spiro atoms. The number of hydrogen-bond donors (Lipinski definition) is 1. The zero-order valence-corrected chi connectivity index (χ0v) is 23.0. The highest BCUT2D eigenvalue weighted by Gasteiger charge is 2.30. The molecule has 0 aromatic heterocycles. The summed E-state index contributed by atoms with van der Waals surface area (Å²) in [6.07, 6.45) is 1.99. The van der Waals surface area contributed by atoms with Gasteiger partial charge < -0.3 is 15.0 Å². The van der Waals surface area contributed by atoms with Crippen molar-refractivity contribution in [2.24, 2.45) is 0 Å². The molecule has 36 heavy (non-hydrogen) atoms. The third-order valence-electron chi connectivity index (χ3n) is 5.57. The Labute approximate surface area is 215 Å². The molecule has 2 aromatic rings. The van der Waals surface area contributed by atoms with Crippen molar-refractivity contribution in [2.45, 2.75) is 65.1 Å². The molecule has 1 N–H and O–H groups in total. The van der Waals surface area contributed by atoms with E-state index in [0.29, 0.717) is 30.8 Å². The molecule has 0 aliphatic carbocycles. The first-order valence-corrected chi connectivity index (χ1v) is 14.0. The minimum Gasteiger partial charge on any atom is -0.497 e. The lowest BCUT2D eigenvalue weighted by molar-refractivity contribution is -0.142. The van der Waals surface area contributed by atoms with E-state index in [2.05, 4.69) is 5.32 Å². The number of carbonyl (C=O) groups is 2. The molecule has 0 aliphatic rings. The Morgan fingerprint density at radius 1 is 1.06 bits per heavy atom. The van der Waals surface area contributed by atoms with Gasteiger partial charge in [0.05, 0.1) is 19.1 Å². The summed E-state index contributed by atoms with van der Waals surface area (Å²) in [4.78, 5) is 28.1. The maximum absolute atomic E-state index is 13.4. The molecule has 0 aliphatic heterocycles. The highest BCUT2D eigenvalue weighted by molar-refractivity contribution is 7.92. The summed E-state index contributed by atoms with van der Waals surface area (Å²) in [5, 5.41) is 2.99. The molecule has 2 rings (SSSR count). The monoisotopic (exact) mass is 517 g/mol. The number of nitrogens with zero attached hydrogens (tertiary/aromatic N) is 2. The fraction of sp³-hybridized carbons (Fsp3) is 0.481. The second-order valence-corrected chi connectivity index (χ2v) is 11.7. The van der Waals surface area contributed by atoms with Crippen LogP contribution in [0.1, 0.15) is 52.5 Å². The topological polar surface area (TPSA) is 96.0 Å². The number of amides is 2. The highest BCUT2D eigenvalue weighted by atomic mass is 32.2. The van der Waals surface area contributed by atoms with Gasteiger partial charge in [0.15, 0.2) is 0 Å². The predicted molar refractivity (Wildman–Crippen MR) is 143 cm³/mol. The van der Waals surface area contributed by atoms with E-state index in [0.717, 1.165) is 11.8 Å². The van der Waals surface area contributed by atoms with Gasteiger partial charge in [-0.1, -0.05) is 43.3 Å². The van der Waals surface area contributed by atoms with E-state index in [9.17, 15) is 18.0 Å². The van der Waals surface area contributed by atoms with E-state index in [1.165, 1.54) is 11.4 Å². The highest BCUT2D eigenvalue weighted by Crippen LogP contribution is 2.24. The van der Waals surface area contributed by atoms with Gasteiger partial charge in [0, 0.05) is 31.1 Å². The van der Waals surface area contributed by atoms with Crippen molar-refractivity contribution in [1.82, 2.24) is 10.2 Å². The molecule has 198 valence electrons. The van der Waals surface area contributed by atoms with Crippen molar-refractivity contribution < 1.29 is 22.7 Å². The maximum atomic E-state index is 13.4. The lowest BCUT2D eigenvalue weighted by atomic mass is 10.0. The molecule has 0 saturated heterocycles. The van der Waals surface area contributed by atoms with Crippen LogP contribution in [-0.2, 0) is 26.2 Å². The van der Waals surface area contributed by atoms with Crippen molar-refractivity contribution in [1.29, 1.82) is 0 Å². The van der Waals surface area contributed by atoms with Crippen LogP contribution >= 0.6 is 0 Å². The first-order chi connectivity index (χ1) is 16.9. The summed E-state index contributed by atoms with van der Waals surface area (Å²) in [6.45, 7) is 8.01. The molecule has 0 bridgehead atoms. The second kappa shape index (κ2) is 12.8. The van der Waals surface area contributed by atoms with Crippen molar-refractivity contribution in [3.63, 3.8) is 0 Å². The van der Waals surface area contributed by atoms with E-state index in [1.807, 2.05) is 58.0 Å². The Kier molecular flexibility index (Phi) is 10.3. The average molecular weight is 518 g/mol. The van der Waals surface area contributed by atoms with Crippen molar-refractivity contribution in [3.8, 4) is 5.75 Å². The van der Waals surface area contributed by atoms with Crippen LogP contribution in [0.5, 0.6) is 5.75 Å². The lowest BCUT2D eigenvalue weighted by Crippen LogP contribution is -2.53. The standard InChI is InChI=1S/C27H39N3O5S/c1-7-24(26(32)28-27(2,3)4)29(20-21-13-9-8-10-14-21)25(31)17-12-18-30(36(6,33)34)22-15-11-16-23(19-22)35-5/h8-11,13-16,19,24H,7,12,17-18,20H2,1-6H3,(H,28,32). The molecule has 0 saturated carbocycles. The van der Waals surface area contributed by atoms with E-state index in [-0.39, 0.29) is 24.8 Å². The van der Waals surface area contributed by atoms with Gasteiger partial charge in [-0.2, -0.15) is 0 Å². The molecule has 1 unspecified atom stereocenters. The fourth-order valence-corrected chi connectivity index (χ4v) is 4.88. The molecule has 0 radical (unpaired) electrons. The van der Waals surface area contributed by atoms with Crippen LogP contribution in [0.15, 0.2) is 54.6 Å². The van der Waals surface area contributed by atoms with Crippen LogP contribution in [0.3, 0.4) is 0 Å². The largest absolute Gasteiger partial charge is 0.497 e. The molecule has 9 heteroatoms. The van der Waals surface area contributed by atoms with Gasteiger partial charge >= 0.3 is 0 Å². The normalized spacial score (nSPS) is 12.5. The van der Waals surface area contributed by atoms with E-state index in [4.69, 9.17) is 4.74 Å². The zero-order valence-electron chi connectivity index (χ0n) is 22.2. The number of methoxy groups -OCH3 is 1. The third-order valence-corrected chi connectivity index (χ3v) is 6.77. The number of nitrogens with one attached hydrogen (secondary N) is 1. The number of rotatable bonds is 12. The quantitative estimate of drug-likeness (QED) is 0.460. The number of anilines is 1. The van der Waals surface area contributed by atoms with Gasteiger partial charge in [0.25, 0.3) is 0 Å². The Hall–Kier alpha value is -3.07. The number of benzene rings is 2. The van der Waals surface area contributed by atoms with Gasteiger partial charge in [-0.3, -0.25) is 13.9 Å². The number of ether oxygens (including phenoxy) is 1. The van der Waals surface area contributed by atoms with Gasteiger partial charge in [0.1, 0.15) is 11.8 Å². The summed E-state index contributed by atoms with van der Waals surface area (Å²) < 4.78 is 31.5. The summed E-state index contributed by atoms with van der Waals surface area (Å²) in [6, 6.07) is 15.7. The molecule has 0 heterocycles. The Bertz CT molecular complexity index is 1110. The minimum absolute atomic E-state index is 0.0993. The zero-order chi connectivity index (χ0) is 26.9. The smallest absolute Gasteiger partial charge is 0.243 e. The summed E-state index contributed by atoms with van der Waals surface area (Å²) in [5.41, 5.74) is 0.960. The van der Waals surface area contributed by atoms with Crippen LogP contribution < -0.4 is 14.4 Å². The average Bonchev–Trinajstić information content (AvgIpc) is 2.80. The lowest BCUT2D eigenvalue weighted by Gasteiger charge is -2.33. The maximum Gasteiger partial charge on any atom is 0.243 e. The summed E-state index contributed by atoms with van der Waals surface area (Å²) in [7, 11) is -2.06. The van der Waals surface area contributed by atoms with Gasteiger partial charge in [-0.25, -0.2) is 8.42 Å². The number of carbonyl (C=O) groups excluding carboxylic acids is 2. The predicted octanol–water partition coefficient (Wildman–Crippen LogP) is 3.96. The van der Waals surface area contributed by atoms with E-state index >= 15 is 0 Å². The first-order valence-electron chi connectivity index (χ1n) is 12.1. The van der Waals surface area contributed by atoms with Crippen LogP contribution in [0, 0.1) is 0 Å². The molecule has 2 amide bonds. The number of sulfonamides is 1. The van der Waals surface area contributed by atoms with Crippen LogP contribution in [-0.4, -0.2) is 56.6 Å². The van der Waals surface area contributed by atoms with Crippen LogP contribution in [0.2, 0.25) is 0 Å². The third kappa shape index (κ3) is 8.86. The van der Waals surface area contributed by atoms with Crippen molar-refractivity contribution in [2.75, 3.05) is 24.2 Å². The van der Waals surface area contributed by atoms with Crippen molar-refractivity contribution >= 4 is 27.5 Å². The fourth-order valence-electron chi connectivity index (χ4n) is 3.92.